The standard InChI is InChI=1S/C17H19F2NO/c1-11-4-5-14(18)8-13(11)10-20-12(2)16-9-15(19)6-7-17(16)21-3/h4-9,12,20H,10H2,1-3H3. The van der Waals surface area contributed by atoms with Gasteiger partial charge in [0.1, 0.15) is 17.4 Å². The molecular weight excluding hydrogens is 272 g/mol. The average molecular weight is 291 g/mol. The van der Waals surface area contributed by atoms with Crippen LogP contribution in [0.1, 0.15) is 29.7 Å². The van der Waals surface area contributed by atoms with Gasteiger partial charge in [-0.2, -0.15) is 0 Å². The van der Waals surface area contributed by atoms with E-state index in [1.54, 1.807) is 19.2 Å². The summed E-state index contributed by atoms with van der Waals surface area (Å²) in [6.07, 6.45) is 0. The summed E-state index contributed by atoms with van der Waals surface area (Å²) in [6, 6.07) is 9.02. The van der Waals surface area contributed by atoms with E-state index in [1.165, 1.54) is 24.3 Å². The number of nitrogens with one attached hydrogen (secondary N) is 1. The Bertz CT molecular complexity index is 628. The summed E-state index contributed by atoms with van der Waals surface area (Å²) in [4.78, 5) is 0. The first kappa shape index (κ1) is 15.4. The van der Waals surface area contributed by atoms with Crippen molar-refractivity contribution in [3.63, 3.8) is 0 Å². The lowest BCUT2D eigenvalue weighted by Gasteiger charge is -2.18. The second-order valence-corrected chi connectivity index (χ2v) is 5.06. The Hall–Kier alpha value is -1.94. The van der Waals surface area contributed by atoms with E-state index < -0.39 is 0 Å². The highest BCUT2D eigenvalue weighted by atomic mass is 19.1. The van der Waals surface area contributed by atoms with E-state index in [0.29, 0.717) is 12.3 Å². The zero-order valence-corrected chi connectivity index (χ0v) is 12.4. The van der Waals surface area contributed by atoms with Crippen molar-refractivity contribution >= 4 is 0 Å². The van der Waals surface area contributed by atoms with Gasteiger partial charge in [0.2, 0.25) is 0 Å². The topological polar surface area (TPSA) is 21.3 Å². The molecule has 4 heteroatoms. The molecule has 0 saturated carbocycles. The second kappa shape index (κ2) is 6.68. The van der Waals surface area contributed by atoms with Crippen LogP contribution in [0.5, 0.6) is 5.75 Å². The number of hydrogen-bond acceptors (Lipinski definition) is 2. The van der Waals surface area contributed by atoms with E-state index in [2.05, 4.69) is 5.32 Å². The van der Waals surface area contributed by atoms with E-state index in [1.807, 2.05) is 13.8 Å². The van der Waals surface area contributed by atoms with Crippen LogP contribution in [0.3, 0.4) is 0 Å². The SMILES string of the molecule is COc1ccc(F)cc1C(C)NCc1cc(F)ccc1C. The van der Waals surface area contributed by atoms with Gasteiger partial charge in [0, 0.05) is 18.2 Å². The number of aryl methyl sites for hydroxylation is 1. The molecule has 0 amide bonds. The molecule has 2 rings (SSSR count). The summed E-state index contributed by atoms with van der Waals surface area (Å²) in [5.41, 5.74) is 2.64. The van der Waals surface area contributed by atoms with Crippen molar-refractivity contribution in [1.29, 1.82) is 0 Å². The molecule has 1 atom stereocenters. The zero-order chi connectivity index (χ0) is 15.4. The van der Waals surface area contributed by atoms with Gasteiger partial charge >= 0.3 is 0 Å². The van der Waals surface area contributed by atoms with Crippen molar-refractivity contribution in [2.45, 2.75) is 26.4 Å². The Balaban J connectivity index is 2.13. The molecule has 0 saturated heterocycles. The van der Waals surface area contributed by atoms with Crippen LogP contribution >= 0.6 is 0 Å². The van der Waals surface area contributed by atoms with Crippen LogP contribution in [0.25, 0.3) is 0 Å². The summed E-state index contributed by atoms with van der Waals surface area (Å²) in [7, 11) is 1.56. The minimum Gasteiger partial charge on any atom is -0.496 e. The lowest BCUT2D eigenvalue weighted by Crippen LogP contribution is -2.19. The summed E-state index contributed by atoms with van der Waals surface area (Å²) < 4.78 is 31.9. The third kappa shape index (κ3) is 3.79. The highest BCUT2D eigenvalue weighted by molar-refractivity contribution is 5.36. The lowest BCUT2D eigenvalue weighted by atomic mass is 10.0. The summed E-state index contributed by atoms with van der Waals surface area (Å²) in [5.74, 6) is 0.0714. The molecule has 2 nitrogen and oxygen atoms in total. The first-order valence-corrected chi connectivity index (χ1v) is 6.83. The van der Waals surface area contributed by atoms with E-state index in [0.717, 1.165) is 16.7 Å². The van der Waals surface area contributed by atoms with Crippen LogP contribution in [-0.2, 0) is 6.54 Å². The van der Waals surface area contributed by atoms with Crippen molar-refractivity contribution < 1.29 is 13.5 Å². The van der Waals surface area contributed by atoms with Gasteiger partial charge in [-0.25, -0.2) is 8.78 Å². The number of rotatable bonds is 5. The van der Waals surface area contributed by atoms with Gasteiger partial charge in [-0.3, -0.25) is 0 Å². The third-order valence-electron chi connectivity index (χ3n) is 3.57. The van der Waals surface area contributed by atoms with Crippen LogP contribution in [0.15, 0.2) is 36.4 Å². The number of halogens is 2. The van der Waals surface area contributed by atoms with Crippen molar-refractivity contribution in [1.82, 2.24) is 5.32 Å². The van der Waals surface area contributed by atoms with Crippen molar-refractivity contribution in [2.24, 2.45) is 0 Å². The molecule has 2 aromatic rings. The quantitative estimate of drug-likeness (QED) is 0.894. The van der Waals surface area contributed by atoms with Gasteiger partial charge in [-0.1, -0.05) is 6.07 Å². The number of ether oxygens (including phenoxy) is 1. The first-order valence-electron chi connectivity index (χ1n) is 6.83. The fourth-order valence-electron chi connectivity index (χ4n) is 2.25. The number of benzene rings is 2. The normalized spacial score (nSPS) is 12.2. The van der Waals surface area contributed by atoms with E-state index in [-0.39, 0.29) is 17.7 Å². The molecule has 1 unspecified atom stereocenters. The average Bonchev–Trinajstić information content (AvgIpc) is 2.47. The molecule has 0 bridgehead atoms. The molecule has 0 aliphatic rings. The second-order valence-electron chi connectivity index (χ2n) is 5.06. The Morgan fingerprint density at radius 1 is 1.10 bits per heavy atom. The van der Waals surface area contributed by atoms with E-state index in [4.69, 9.17) is 4.74 Å². The lowest BCUT2D eigenvalue weighted by molar-refractivity contribution is 0.399. The predicted molar refractivity (Wildman–Crippen MR) is 79.3 cm³/mol. The van der Waals surface area contributed by atoms with Crippen LogP contribution in [0.4, 0.5) is 8.78 Å². The molecule has 0 fully saturated rings. The van der Waals surface area contributed by atoms with Gasteiger partial charge in [-0.15, -0.1) is 0 Å². The first-order chi connectivity index (χ1) is 10.0. The Labute approximate surface area is 123 Å². The maximum absolute atomic E-state index is 13.4. The molecule has 0 aliphatic heterocycles. The monoisotopic (exact) mass is 291 g/mol. The molecule has 1 N–H and O–H groups in total. The van der Waals surface area contributed by atoms with Crippen molar-refractivity contribution in [2.75, 3.05) is 7.11 Å². The molecule has 0 radical (unpaired) electrons. The minimum atomic E-state index is -0.304. The highest BCUT2D eigenvalue weighted by Gasteiger charge is 2.12. The maximum Gasteiger partial charge on any atom is 0.123 e. The largest absolute Gasteiger partial charge is 0.496 e. The van der Waals surface area contributed by atoms with Crippen LogP contribution in [0.2, 0.25) is 0 Å². The van der Waals surface area contributed by atoms with E-state index in [9.17, 15) is 8.78 Å². The molecule has 0 heterocycles. The minimum absolute atomic E-state index is 0.113. The van der Waals surface area contributed by atoms with Gasteiger partial charge in [0.05, 0.1) is 7.11 Å². The molecule has 0 aliphatic carbocycles. The Kier molecular flexibility index (Phi) is 4.91. The molecular formula is C17H19F2NO. The summed E-state index contributed by atoms with van der Waals surface area (Å²) >= 11 is 0. The molecule has 0 aromatic heterocycles. The van der Waals surface area contributed by atoms with Crippen molar-refractivity contribution in [3.8, 4) is 5.75 Å². The summed E-state index contributed by atoms with van der Waals surface area (Å²) in [5, 5.41) is 3.27. The third-order valence-corrected chi connectivity index (χ3v) is 3.57. The Morgan fingerprint density at radius 3 is 2.48 bits per heavy atom. The Morgan fingerprint density at radius 2 is 1.76 bits per heavy atom. The number of methoxy groups -OCH3 is 1. The maximum atomic E-state index is 13.4. The molecule has 21 heavy (non-hydrogen) atoms. The van der Waals surface area contributed by atoms with Gasteiger partial charge in [0.25, 0.3) is 0 Å². The fraction of sp³-hybridized carbons (Fsp3) is 0.294. The van der Waals surface area contributed by atoms with Gasteiger partial charge in [0.15, 0.2) is 0 Å². The number of hydrogen-bond donors (Lipinski definition) is 1. The smallest absolute Gasteiger partial charge is 0.123 e. The molecule has 112 valence electrons. The molecule has 0 spiro atoms. The predicted octanol–water partition coefficient (Wildman–Crippen LogP) is 4.13. The zero-order valence-electron chi connectivity index (χ0n) is 12.4. The van der Waals surface area contributed by atoms with Gasteiger partial charge < -0.3 is 10.1 Å². The van der Waals surface area contributed by atoms with Crippen LogP contribution < -0.4 is 10.1 Å². The van der Waals surface area contributed by atoms with Crippen molar-refractivity contribution in [3.05, 3.63) is 64.7 Å². The van der Waals surface area contributed by atoms with Crippen LogP contribution in [-0.4, -0.2) is 7.11 Å². The molecule has 2 aromatic carbocycles. The fourth-order valence-corrected chi connectivity index (χ4v) is 2.25. The van der Waals surface area contributed by atoms with Gasteiger partial charge in [-0.05, 0) is 55.3 Å². The highest BCUT2D eigenvalue weighted by Crippen LogP contribution is 2.26. The van der Waals surface area contributed by atoms with E-state index >= 15 is 0 Å². The summed E-state index contributed by atoms with van der Waals surface area (Å²) in [6.45, 7) is 4.36. The van der Waals surface area contributed by atoms with Crippen LogP contribution in [0, 0.1) is 18.6 Å².